The predicted octanol–water partition coefficient (Wildman–Crippen LogP) is 8.10. The minimum Gasteiger partial charge on any atom is -0.335 e. The third-order valence-corrected chi connectivity index (χ3v) is 7.62. The van der Waals surface area contributed by atoms with Crippen LogP contribution in [0.3, 0.4) is 0 Å². The molecule has 0 N–H and O–H groups in total. The quantitative estimate of drug-likeness (QED) is 0.166. The fourth-order valence-electron chi connectivity index (χ4n) is 4.43. The maximum atomic E-state index is 5.94. The summed E-state index contributed by atoms with van der Waals surface area (Å²) in [4.78, 5) is 0. The van der Waals surface area contributed by atoms with Gasteiger partial charge in [-0.1, -0.05) is 110 Å². The van der Waals surface area contributed by atoms with Crippen LogP contribution in [0.15, 0.2) is 0 Å². The summed E-state index contributed by atoms with van der Waals surface area (Å²) in [6, 6.07) is 0. The number of unbranched alkanes of at least 4 members (excludes halogenated alkanes) is 15. The SMILES string of the molecule is CCCCCCCCCCCCCCCCCCC1OPOCC12COPOC2. The molecule has 0 aromatic heterocycles. The lowest BCUT2D eigenvalue weighted by Crippen LogP contribution is -2.49. The van der Waals surface area contributed by atoms with Crippen molar-refractivity contribution in [2.75, 3.05) is 19.8 Å². The molecule has 2 aliphatic heterocycles. The van der Waals surface area contributed by atoms with Crippen LogP contribution in [0, 0.1) is 5.41 Å². The fraction of sp³-hybridized carbons (Fsp3) is 1.00. The maximum Gasteiger partial charge on any atom is 0.155 e. The Labute approximate surface area is 183 Å². The molecule has 2 atom stereocenters. The lowest BCUT2D eigenvalue weighted by Gasteiger charge is -2.44. The van der Waals surface area contributed by atoms with Crippen molar-refractivity contribution >= 4 is 18.1 Å². The van der Waals surface area contributed by atoms with Crippen molar-refractivity contribution in [2.45, 2.75) is 122 Å². The number of rotatable bonds is 17. The highest BCUT2D eigenvalue weighted by atomic mass is 31.1. The summed E-state index contributed by atoms with van der Waals surface area (Å²) in [6.07, 6.45) is 23.9. The van der Waals surface area contributed by atoms with Crippen molar-refractivity contribution in [1.82, 2.24) is 0 Å². The van der Waals surface area contributed by atoms with Gasteiger partial charge in [-0.25, -0.2) is 0 Å². The van der Waals surface area contributed by atoms with Gasteiger partial charge in [-0.05, 0) is 6.42 Å². The third-order valence-electron chi connectivity index (χ3n) is 6.45. The van der Waals surface area contributed by atoms with Crippen LogP contribution >= 0.6 is 18.1 Å². The van der Waals surface area contributed by atoms with Gasteiger partial charge in [-0.3, -0.25) is 0 Å². The Morgan fingerprint density at radius 1 is 0.586 bits per heavy atom. The van der Waals surface area contributed by atoms with Crippen molar-refractivity contribution in [3.8, 4) is 0 Å². The first-order chi connectivity index (χ1) is 14.4. The Morgan fingerprint density at radius 2 is 1.00 bits per heavy atom. The first-order valence-electron chi connectivity index (χ1n) is 12.4. The van der Waals surface area contributed by atoms with Gasteiger partial charge in [0, 0.05) is 0 Å². The van der Waals surface area contributed by atoms with Crippen LogP contribution in [-0.2, 0) is 18.1 Å². The van der Waals surface area contributed by atoms with Crippen LogP contribution in [0.5, 0.6) is 0 Å². The molecule has 2 saturated heterocycles. The van der Waals surface area contributed by atoms with E-state index in [2.05, 4.69) is 6.92 Å². The predicted molar refractivity (Wildman–Crippen MR) is 126 cm³/mol. The lowest BCUT2D eigenvalue weighted by atomic mass is 9.82. The van der Waals surface area contributed by atoms with E-state index < -0.39 is 0 Å². The van der Waals surface area contributed by atoms with Crippen LogP contribution < -0.4 is 0 Å². The van der Waals surface area contributed by atoms with Crippen LogP contribution in [-0.4, -0.2) is 25.9 Å². The summed E-state index contributed by atoms with van der Waals surface area (Å²) in [5, 5.41) is 0. The Hall–Kier alpha value is 0.700. The average Bonchev–Trinajstić information content (AvgIpc) is 2.75. The van der Waals surface area contributed by atoms with Crippen molar-refractivity contribution in [1.29, 1.82) is 0 Å². The second-order valence-corrected chi connectivity index (χ2v) is 10.5. The zero-order valence-corrected chi connectivity index (χ0v) is 20.9. The molecule has 0 amide bonds. The Bertz CT molecular complexity index is 370. The summed E-state index contributed by atoms with van der Waals surface area (Å²) in [6.45, 7) is 4.46. The first kappa shape index (κ1) is 26.0. The third kappa shape index (κ3) is 11.2. The summed E-state index contributed by atoms with van der Waals surface area (Å²) in [5.41, 5.74) is -0.0635. The maximum absolute atomic E-state index is 5.94. The van der Waals surface area contributed by atoms with E-state index in [4.69, 9.17) is 18.1 Å². The molecule has 2 rings (SSSR count). The normalized spacial score (nSPS) is 26.6. The van der Waals surface area contributed by atoms with Crippen molar-refractivity contribution in [2.24, 2.45) is 5.41 Å². The molecule has 0 aliphatic carbocycles. The second-order valence-electron chi connectivity index (χ2n) is 9.09. The highest BCUT2D eigenvalue weighted by Crippen LogP contribution is 2.45. The first-order valence-corrected chi connectivity index (χ1v) is 14.0. The zero-order chi connectivity index (χ0) is 20.5. The number of hydrogen-bond acceptors (Lipinski definition) is 4. The van der Waals surface area contributed by atoms with Crippen LogP contribution in [0.1, 0.15) is 116 Å². The van der Waals surface area contributed by atoms with Crippen molar-refractivity contribution < 1.29 is 18.1 Å². The Kier molecular flexibility index (Phi) is 15.5. The Morgan fingerprint density at radius 3 is 1.48 bits per heavy atom. The summed E-state index contributed by atoms with van der Waals surface area (Å²) in [5.74, 6) is 0. The molecule has 172 valence electrons. The molecule has 0 saturated carbocycles. The van der Waals surface area contributed by atoms with E-state index in [1.54, 1.807) is 0 Å². The van der Waals surface area contributed by atoms with Crippen LogP contribution in [0.2, 0.25) is 0 Å². The van der Waals surface area contributed by atoms with Gasteiger partial charge >= 0.3 is 0 Å². The minimum absolute atomic E-state index is 0.0635. The standard InChI is InChI=1S/C23H46O4P2/c1-2-3-4-5-6-7-8-9-10-11-12-13-14-15-16-17-18-22-23(21-26-29-27-22)19-24-28-25-20-23/h22,28-29H,2-21H2,1H3. The molecule has 29 heavy (non-hydrogen) atoms. The molecule has 0 bridgehead atoms. The van der Waals surface area contributed by atoms with E-state index in [-0.39, 0.29) is 29.6 Å². The fourth-order valence-corrected chi connectivity index (χ4v) is 6.10. The molecular formula is C23H46O4P2. The lowest BCUT2D eigenvalue weighted by molar-refractivity contribution is -0.0950. The molecular weight excluding hydrogens is 402 g/mol. The van der Waals surface area contributed by atoms with Gasteiger partial charge in [0.15, 0.2) is 18.1 Å². The molecule has 4 nitrogen and oxygen atoms in total. The van der Waals surface area contributed by atoms with Gasteiger partial charge in [-0.15, -0.1) is 0 Å². The van der Waals surface area contributed by atoms with E-state index in [9.17, 15) is 0 Å². The molecule has 0 aromatic carbocycles. The van der Waals surface area contributed by atoms with E-state index in [0.717, 1.165) is 26.2 Å². The van der Waals surface area contributed by atoms with Crippen LogP contribution in [0.4, 0.5) is 0 Å². The van der Waals surface area contributed by atoms with Crippen molar-refractivity contribution in [3.63, 3.8) is 0 Å². The van der Waals surface area contributed by atoms with Crippen molar-refractivity contribution in [3.05, 3.63) is 0 Å². The topological polar surface area (TPSA) is 36.9 Å². The molecule has 1 spiro atoms. The van der Waals surface area contributed by atoms with E-state index in [1.807, 2.05) is 0 Å². The van der Waals surface area contributed by atoms with Crippen LogP contribution in [0.25, 0.3) is 0 Å². The minimum atomic E-state index is -0.0635. The number of hydrogen-bond donors (Lipinski definition) is 0. The van der Waals surface area contributed by atoms with Gasteiger partial charge in [0.25, 0.3) is 0 Å². The smallest absolute Gasteiger partial charge is 0.155 e. The molecule has 0 radical (unpaired) electrons. The molecule has 2 heterocycles. The zero-order valence-electron chi connectivity index (χ0n) is 18.9. The summed E-state index contributed by atoms with van der Waals surface area (Å²) in [7, 11) is 0.364. The Balaban J connectivity index is 1.35. The largest absolute Gasteiger partial charge is 0.335 e. The molecule has 2 fully saturated rings. The van der Waals surface area contributed by atoms with E-state index in [0.29, 0.717) is 0 Å². The highest BCUT2D eigenvalue weighted by molar-refractivity contribution is 7.26. The average molecular weight is 449 g/mol. The van der Waals surface area contributed by atoms with Gasteiger partial charge in [0.1, 0.15) is 0 Å². The second kappa shape index (κ2) is 17.3. The molecule has 0 aromatic rings. The summed E-state index contributed by atoms with van der Waals surface area (Å²) >= 11 is 0. The molecule has 2 aliphatic rings. The molecule has 6 heteroatoms. The molecule has 2 unspecified atom stereocenters. The van der Waals surface area contributed by atoms with Gasteiger partial charge in [0.05, 0.1) is 31.3 Å². The van der Waals surface area contributed by atoms with E-state index >= 15 is 0 Å². The monoisotopic (exact) mass is 448 g/mol. The van der Waals surface area contributed by atoms with Gasteiger partial charge in [-0.2, -0.15) is 0 Å². The highest BCUT2D eigenvalue weighted by Gasteiger charge is 2.45. The summed E-state index contributed by atoms with van der Waals surface area (Å²) < 4.78 is 22.7. The van der Waals surface area contributed by atoms with Gasteiger partial charge in [0.2, 0.25) is 0 Å². The van der Waals surface area contributed by atoms with E-state index in [1.165, 1.54) is 103 Å². The van der Waals surface area contributed by atoms with Gasteiger partial charge < -0.3 is 18.1 Å².